The largest absolute Gasteiger partial charge is 0.322 e. The van der Waals surface area contributed by atoms with Gasteiger partial charge in [-0.2, -0.15) is 5.10 Å². The molecular weight excluding hydrogens is 414 g/mol. The molecule has 1 heterocycles. The highest BCUT2D eigenvalue weighted by Gasteiger charge is 2.23. The number of amides is 3. The summed E-state index contributed by atoms with van der Waals surface area (Å²) in [4.78, 5) is 27.3. The fourth-order valence-electron chi connectivity index (χ4n) is 3.48. The zero-order valence-electron chi connectivity index (χ0n) is 20.3. The number of carbonyl (C=O) groups excluding carboxylic acids is 2. The number of benzene rings is 2. The molecule has 1 aromatic heterocycles. The summed E-state index contributed by atoms with van der Waals surface area (Å²) in [5, 5.41) is 10.6. The van der Waals surface area contributed by atoms with Gasteiger partial charge in [0.1, 0.15) is 12.4 Å². The van der Waals surface area contributed by atoms with Crippen molar-refractivity contribution in [3.8, 4) is 5.69 Å². The van der Waals surface area contributed by atoms with Gasteiger partial charge in [-0.3, -0.25) is 4.79 Å². The molecule has 174 valence electrons. The molecule has 0 atom stereocenters. The molecule has 3 amide bonds. The monoisotopic (exact) mass is 447 g/mol. The first kappa shape index (κ1) is 24.0. The number of aromatic nitrogens is 2. The standard InChI is InChI=1S/C26H33N5O2/c1-7-30(25(33)28-24-18(2)12-11-13-19(24)3)17-23(32)27-22-16-21(26(4,5)6)29-31(22)20-14-9-8-10-15-20/h8-16H,7,17H2,1-6H3,(H,27,32)(H,28,33). The number of likely N-dealkylation sites (N-methyl/N-ethyl adjacent to an activating group) is 1. The van der Waals surface area contributed by atoms with E-state index in [0.717, 1.165) is 28.2 Å². The SMILES string of the molecule is CCN(CC(=O)Nc1cc(C(C)(C)C)nn1-c1ccccc1)C(=O)Nc1c(C)cccc1C. The summed E-state index contributed by atoms with van der Waals surface area (Å²) >= 11 is 0. The number of hydrogen-bond acceptors (Lipinski definition) is 3. The van der Waals surface area contributed by atoms with Gasteiger partial charge < -0.3 is 15.5 Å². The van der Waals surface area contributed by atoms with E-state index in [1.165, 1.54) is 4.90 Å². The van der Waals surface area contributed by atoms with E-state index < -0.39 is 0 Å². The van der Waals surface area contributed by atoms with Crippen molar-refractivity contribution in [1.82, 2.24) is 14.7 Å². The van der Waals surface area contributed by atoms with Crippen LogP contribution in [0.25, 0.3) is 5.69 Å². The lowest BCUT2D eigenvalue weighted by Crippen LogP contribution is -2.40. The number of nitrogens with one attached hydrogen (secondary N) is 2. The molecular formula is C26H33N5O2. The fourth-order valence-corrected chi connectivity index (χ4v) is 3.48. The number of rotatable bonds is 6. The van der Waals surface area contributed by atoms with Crippen LogP contribution in [0.2, 0.25) is 0 Å². The number of aryl methyl sites for hydroxylation is 2. The first-order valence-corrected chi connectivity index (χ1v) is 11.2. The van der Waals surface area contributed by atoms with E-state index in [9.17, 15) is 9.59 Å². The maximum atomic E-state index is 12.9. The molecule has 0 saturated heterocycles. The Kier molecular flexibility index (Phi) is 7.21. The Morgan fingerprint density at radius 2 is 1.61 bits per heavy atom. The van der Waals surface area contributed by atoms with Gasteiger partial charge >= 0.3 is 6.03 Å². The summed E-state index contributed by atoms with van der Waals surface area (Å²) in [6.07, 6.45) is 0. The van der Waals surface area contributed by atoms with Gasteiger partial charge in [-0.25, -0.2) is 9.48 Å². The zero-order valence-corrected chi connectivity index (χ0v) is 20.3. The summed E-state index contributed by atoms with van der Waals surface area (Å²) < 4.78 is 1.73. The highest BCUT2D eigenvalue weighted by atomic mass is 16.2. The summed E-state index contributed by atoms with van der Waals surface area (Å²) in [5.41, 5.74) is 4.26. The minimum absolute atomic E-state index is 0.0713. The van der Waals surface area contributed by atoms with Crippen LogP contribution in [0.4, 0.5) is 16.3 Å². The number of anilines is 2. The number of carbonyl (C=O) groups is 2. The average Bonchev–Trinajstić information content (AvgIpc) is 3.19. The smallest absolute Gasteiger partial charge is 0.315 e. The fraction of sp³-hybridized carbons (Fsp3) is 0.346. The minimum Gasteiger partial charge on any atom is -0.315 e. The summed E-state index contributed by atoms with van der Waals surface area (Å²) in [7, 11) is 0. The Bertz CT molecular complexity index is 1110. The van der Waals surface area contributed by atoms with Crippen molar-refractivity contribution in [3.63, 3.8) is 0 Å². The minimum atomic E-state index is -0.308. The van der Waals surface area contributed by atoms with Crippen molar-refractivity contribution in [3.05, 3.63) is 71.4 Å². The Balaban J connectivity index is 1.77. The lowest BCUT2D eigenvalue weighted by atomic mass is 9.92. The van der Waals surface area contributed by atoms with Crippen molar-refractivity contribution in [2.45, 2.75) is 47.0 Å². The predicted octanol–water partition coefficient (Wildman–Crippen LogP) is 5.28. The first-order chi connectivity index (χ1) is 15.6. The average molecular weight is 448 g/mol. The normalized spacial score (nSPS) is 11.2. The first-order valence-electron chi connectivity index (χ1n) is 11.2. The van der Waals surface area contributed by atoms with Gasteiger partial charge in [-0.15, -0.1) is 0 Å². The summed E-state index contributed by atoms with van der Waals surface area (Å²) in [5.74, 6) is 0.286. The van der Waals surface area contributed by atoms with Gasteiger partial charge in [0, 0.05) is 23.7 Å². The van der Waals surface area contributed by atoms with Gasteiger partial charge in [0.05, 0.1) is 11.4 Å². The van der Waals surface area contributed by atoms with E-state index in [2.05, 4.69) is 31.4 Å². The molecule has 0 aliphatic heterocycles. The van der Waals surface area contributed by atoms with Crippen LogP contribution in [-0.4, -0.2) is 39.7 Å². The quantitative estimate of drug-likeness (QED) is 0.540. The molecule has 0 fully saturated rings. The van der Waals surface area contributed by atoms with E-state index in [-0.39, 0.29) is 23.9 Å². The third-order valence-corrected chi connectivity index (χ3v) is 5.46. The molecule has 0 aliphatic carbocycles. The van der Waals surface area contributed by atoms with Crippen LogP contribution in [0.1, 0.15) is 44.5 Å². The lowest BCUT2D eigenvalue weighted by Gasteiger charge is -2.22. The van der Waals surface area contributed by atoms with Crippen LogP contribution < -0.4 is 10.6 Å². The third-order valence-electron chi connectivity index (χ3n) is 5.46. The summed E-state index contributed by atoms with van der Waals surface area (Å²) in [6.45, 7) is 12.3. The van der Waals surface area contributed by atoms with Crippen LogP contribution in [-0.2, 0) is 10.2 Å². The van der Waals surface area contributed by atoms with E-state index in [0.29, 0.717) is 12.4 Å². The molecule has 7 nitrogen and oxygen atoms in total. The molecule has 0 saturated carbocycles. The predicted molar refractivity (Wildman–Crippen MR) is 133 cm³/mol. The van der Waals surface area contributed by atoms with Crippen molar-refractivity contribution >= 4 is 23.4 Å². The number of para-hydroxylation sites is 2. The van der Waals surface area contributed by atoms with Crippen molar-refractivity contribution in [2.24, 2.45) is 0 Å². The van der Waals surface area contributed by atoms with Gasteiger partial charge in [0.25, 0.3) is 0 Å². The Hall–Kier alpha value is -3.61. The maximum Gasteiger partial charge on any atom is 0.322 e. The van der Waals surface area contributed by atoms with Gasteiger partial charge in [0.15, 0.2) is 0 Å². The van der Waals surface area contributed by atoms with Crippen LogP contribution in [0.3, 0.4) is 0 Å². The molecule has 0 spiro atoms. The van der Waals surface area contributed by atoms with Crippen molar-refractivity contribution < 1.29 is 9.59 Å². The van der Waals surface area contributed by atoms with Crippen LogP contribution in [0.15, 0.2) is 54.6 Å². The second-order valence-corrected chi connectivity index (χ2v) is 9.17. The van der Waals surface area contributed by atoms with Crippen LogP contribution in [0.5, 0.6) is 0 Å². The van der Waals surface area contributed by atoms with E-state index in [4.69, 9.17) is 5.10 Å². The molecule has 2 N–H and O–H groups in total. The number of hydrogen-bond donors (Lipinski definition) is 2. The van der Waals surface area contributed by atoms with Crippen molar-refractivity contribution in [1.29, 1.82) is 0 Å². The van der Waals surface area contributed by atoms with E-state index in [1.54, 1.807) is 4.68 Å². The molecule has 7 heteroatoms. The molecule has 0 unspecified atom stereocenters. The van der Waals surface area contributed by atoms with E-state index >= 15 is 0 Å². The van der Waals surface area contributed by atoms with Crippen LogP contribution >= 0.6 is 0 Å². The zero-order chi connectivity index (χ0) is 24.2. The molecule has 0 bridgehead atoms. The van der Waals surface area contributed by atoms with E-state index in [1.807, 2.05) is 75.4 Å². The van der Waals surface area contributed by atoms with Gasteiger partial charge in [-0.1, -0.05) is 57.2 Å². The Labute approximate surface area is 195 Å². The lowest BCUT2D eigenvalue weighted by molar-refractivity contribution is -0.116. The second-order valence-electron chi connectivity index (χ2n) is 9.17. The number of urea groups is 1. The molecule has 0 radical (unpaired) electrons. The Morgan fingerprint density at radius 1 is 0.970 bits per heavy atom. The molecule has 3 aromatic rings. The second kappa shape index (κ2) is 9.90. The summed E-state index contributed by atoms with van der Waals surface area (Å²) in [6, 6.07) is 17.1. The van der Waals surface area contributed by atoms with Crippen molar-refractivity contribution in [2.75, 3.05) is 23.7 Å². The van der Waals surface area contributed by atoms with Crippen LogP contribution in [0, 0.1) is 13.8 Å². The Morgan fingerprint density at radius 3 is 2.18 bits per heavy atom. The highest BCUT2D eigenvalue weighted by Crippen LogP contribution is 2.26. The molecule has 2 aromatic carbocycles. The van der Waals surface area contributed by atoms with Gasteiger partial charge in [0.2, 0.25) is 5.91 Å². The number of nitrogens with zero attached hydrogens (tertiary/aromatic N) is 3. The molecule has 0 aliphatic rings. The topological polar surface area (TPSA) is 79.3 Å². The molecule has 33 heavy (non-hydrogen) atoms. The van der Waals surface area contributed by atoms with Gasteiger partial charge in [-0.05, 0) is 44.0 Å². The molecule has 3 rings (SSSR count). The maximum absolute atomic E-state index is 12.9. The third kappa shape index (κ3) is 5.80. The highest BCUT2D eigenvalue weighted by molar-refractivity contribution is 5.97.